The highest BCUT2D eigenvalue weighted by Crippen LogP contribution is 2.25. The average molecular weight is 265 g/mol. The summed E-state index contributed by atoms with van der Waals surface area (Å²) in [5.74, 6) is 0.0922. The van der Waals surface area contributed by atoms with Crippen LogP contribution in [0.15, 0.2) is 6.33 Å². The summed E-state index contributed by atoms with van der Waals surface area (Å²) in [4.78, 5) is 30.0. The second-order valence-electron chi connectivity index (χ2n) is 5.73. The largest absolute Gasteiger partial charge is 0.330 e. The maximum Gasteiger partial charge on any atom is 0.249 e. The summed E-state index contributed by atoms with van der Waals surface area (Å²) in [6, 6.07) is -0.420. The Morgan fingerprint density at radius 1 is 1.47 bits per heavy atom. The molecule has 19 heavy (non-hydrogen) atoms. The van der Waals surface area contributed by atoms with Crippen LogP contribution in [-0.4, -0.2) is 44.5 Å². The minimum atomic E-state index is -0.477. The van der Waals surface area contributed by atoms with E-state index in [1.54, 1.807) is 4.90 Å². The van der Waals surface area contributed by atoms with Crippen molar-refractivity contribution < 1.29 is 9.59 Å². The Morgan fingerprint density at radius 2 is 2.21 bits per heavy atom. The highest BCUT2D eigenvalue weighted by Gasteiger charge is 2.38. The van der Waals surface area contributed by atoms with Gasteiger partial charge >= 0.3 is 0 Å². The molecule has 1 aromatic heterocycles. The Morgan fingerprint density at radius 3 is 2.79 bits per heavy atom. The number of hydrogen-bond acceptors (Lipinski definition) is 4. The molecule has 2 N–H and O–H groups in total. The van der Waals surface area contributed by atoms with Gasteiger partial charge in [0.1, 0.15) is 12.4 Å². The third kappa shape index (κ3) is 2.91. The van der Waals surface area contributed by atoms with Crippen molar-refractivity contribution in [1.29, 1.82) is 0 Å². The molecule has 1 saturated heterocycles. The Kier molecular flexibility index (Phi) is 3.55. The number of H-pyrrole nitrogens is 1. The lowest BCUT2D eigenvalue weighted by Gasteiger charge is -2.29. The van der Waals surface area contributed by atoms with Crippen LogP contribution >= 0.6 is 0 Å². The number of amides is 2. The molecule has 1 unspecified atom stereocenters. The van der Waals surface area contributed by atoms with Crippen LogP contribution in [0.2, 0.25) is 0 Å². The maximum absolute atomic E-state index is 12.3. The Bertz CT molecular complexity index is 463. The van der Waals surface area contributed by atoms with Crippen molar-refractivity contribution in [3.05, 3.63) is 6.33 Å². The number of aromatic amines is 1. The summed E-state index contributed by atoms with van der Waals surface area (Å²) in [5, 5.41) is 8.87. The summed E-state index contributed by atoms with van der Waals surface area (Å²) in [6.45, 7) is 6.21. The van der Waals surface area contributed by atoms with E-state index < -0.39 is 11.5 Å². The van der Waals surface area contributed by atoms with Crippen molar-refractivity contribution in [3.8, 4) is 0 Å². The number of hydrogen-bond donors (Lipinski definition) is 2. The van der Waals surface area contributed by atoms with E-state index in [0.29, 0.717) is 18.9 Å². The summed E-state index contributed by atoms with van der Waals surface area (Å²) in [5.41, 5.74) is -0.477. The van der Waals surface area contributed by atoms with Crippen LogP contribution in [0.5, 0.6) is 0 Å². The van der Waals surface area contributed by atoms with E-state index in [4.69, 9.17) is 0 Å². The van der Waals surface area contributed by atoms with Crippen molar-refractivity contribution in [3.63, 3.8) is 0 Å². The maximum atomic E-state index is 12.3. The van der Waals surface area contributed by atoms with Gasteiger partial charge in [-0.2, -0.15) is 10.1 Å². The zero-order valence-electron chi connectivity index (χ0n) is 11.4. The van der Waals surface area contributed by atoms with Crippen LogP contribution in [0.25, 0.3) is 0 Å². The normalized spacial score (nSPS) is 19.5. The van der Waals surface area contributed by atoms with Gasteiger partial charge in [0.05, 0.1) is 0 Å². The first-order chi connectivity index (χ1) is 8.89. The van der Waals surface area contributed by atoms with Crippen molar-refractivity contribution in [1.82, 2.24) is 20.1 Å². The summed E-state index contributed by atoms with van der Waals surface area (Å²) < 4.78 is 0. The number of aromatic nitrogens is 3. The van der Waals surface area contributed by atoms with Crippen molar-refractivity contribution in [2.24, 2.45) is 5.41 Å². The third-order valence-corrected chi connectivity index (χ3v) is 3.11. The van der Waals surface area contributed by atoms with E-state index in [9.17, 15) is 9.59 Å². The minimum absolute atomic E-state index is 0.00252. The molecular formula is C12H19N5O2. The van der Waals surface area contributed by atoms with Crippen LogP contribution in [0.4, 0.5) is 5.95 Å². The van der Waals surface area contributed by atoms with Gasteiger partial charge in [-0.3, -0.25) is 14.9 Å². The van der Waals surface area contributed by atoms with Crippen LogP contribution in [0, 0.1) is 5.41 Å². The van der Waals surface area contributed by atoms with E-state index in [0.717, 1.165) is 6.42 Å². The quantitative estimate of drug-likeness (QED) is 0.826. The zero-order chi connectivity index (χ0) is 14.0. The number of rotatable bonds is 2. The number of nitrogens with one attached hydrogen (secondary N) is 2. The molecule has 1 aromatic rings. The molecule has 0 aliphatic carbocycles. The lowest BCUT2D eigenvalue weighted by atomic mass is 9.94. The van der Waals surface area contributed by atoms with Gasteiger partial charge in [-0.1, -0.05) is 20.8 Å². The van der Waals surface area contributed by atoms with E-state index in [1.165, 1.54) is 6.33 Å². The topological polar surface area (TPSA) is 91.0 Å². The molecule has 2 amide bonds. The van der Waals surface area contributed by atoms with Crippen LogP contribution in [0.3, 0.4) is 0 Å². The predicted molar refractivity (Wildman–Crippen MR) is 69.2 cm³/mol. The molecule has 1 fully saturated rings. The fourth-order valence-corrected chi connectivity index (χ4v) is 2.18. The van der Waals surface area contributed by atoms with Gasteiger partial charge in [0, 0.05) is 12.0 Å². The second-order valence-corrected chi connectivity index (χ2v) is 5.73. The Hall–Kier alpha value is -1.92. The number of anilines is 1. The van der Waals surface area contributed by atoms with E-state index in [-0.39, 0.29) is 11.8 Å². The highest BCUT2D eigenvalue weighted by molar-refractivity contribution is 5.97. The van der Waals surface area contributed by atoms with Gasteiger partial charge in [0.2, 0.25) is 17.8 Å². The molecule has 2 heterocycles. The first kappa shape index (κ1) is 13.5. The third-order valence-electron chi connectivity index (χ3n) is 3.11. The summed E-state index contributed by atoms with van der Waals surface area (Å²) >= 11 is 0. The van der Waals surface area contributed by atoms with Gasteiger partial charge in [0.15, 0.2) is 0 Å². The minimum Gasteiger partial charge on any atom is -0.330 e. The summed E-state index contributed by atoms with van der Waals surface area (Å²) in [6.07, 6.45) is 2.85. The van der Waals surface area contributed by atoms with E-state index in [2.05, 4.69) is 20.5 Å². The van der Waals surface area contributed by atoms with Gasteiger partial charge in [-0.05, 0) is 12.8 Å². The van der Waals surface area contributed by atoms with Crippen LogP contribution in [-0.2, 0) is 9.59 Å². The lowest BCUT2D eigenvalue weighted by molar-refractivity contribution is -0.143. The van der Waals surface area contributed by atoms with Crippen LogP contribution in [0.1, 0.15) is 33.6 Å². The fourth-order valence-electron chi connectivity index (χ4n) is 2.18. The average Bonchev–Trinajstić information content (AvgIpc) is 2.96. The number of likely N-dealkylation sites (tertiary alicyclic amines) is 1. The number of carbonyl (C=O) groups is 2. The molecule has 0 saturated carbocycles. The second kappa shape index (κ2) is 4.99. The summed E-state index contributed by atoms with van der Waals surface area (Å²) in [7, 11) is 0. The molecule has 7 heteroatoms. The van der Waals surface area contributed by atoms with Crippen molar-refractivity contribution in [2.45, 2.75) is 39.7 Å². The lowest BCUT2D eigenvalue weighted by Crippen LogP contribution is -2.47. The van der Waals surface area contributed by atoms with E-state index >= 15 is 0 Å². The first-order valence-electron chi connectivity index (χ1n) is 6.37. The molecular weight excluding hydrogens is 246 g/mol. The smallest absolute Gasteiger partial charge is 0.249 e. The van der Waals surface area contributed by atoms with Crippen LogP contribution < -0.4 is 5.32 Å². The van der Waals surface area contributed by atoms with E-state index in [1.807, 2.05) is 20.8 Å². The van der Waals surface area contributed by atoms with Gasteiger partial charge in [-0.15, -0.1) is 0 Å². The Labute approximate surface area is 111 Å². The molecule has 0 radical (unpaired) electrons. The van der Waals surface area contributed by atoms with Gasteiger partial charge in [-0.25, -0.2) is 5.10 Å². The standard InChI is InChI=1S/C12H19N5O2/c1-12(2,3)10(19)17-6-4-5-8(17)9(18)15-11-13-7-14-16-11/h7-8H,4-6H2,1-3H3,(H2,13,14,15,16,18). The van der Waals surface area contributed by atoms with Crippen molar-refractivity contribution in [2.75, 3.05) is 11.9 Å². The van der Waals surface area contributed by atoms with Gasteiger partial charge in [0.25, 0.3) is 0 Å². The molecule has 0 spiro atoms. The SMILES string of the molecule is CC(C)(C)C(=O)N1CCCC1C(=O)Nc1ncn[nH]1. The highest BCUT2D eigenvalue weighted by atomic mass is 16.2. The molecule has 1 aliphatic heterocycles. The van der Waals surface area contributed by atoms with Crippen molar-refractivity contribution >= 4 is 17.8 Å². The molecule has 1 aliphatic rings. The fraction of sp³-hybridized carbons (Fsp3) is 0.667. The number of nitrogens with zero attached hydrogens (tertiary/aromatic N) is 3. The predicted octanol–water partition coefficient (Wildman–Crippen LogP) is 0.780. The monoisotopic (exact) mass is 265 g/mol. The molecule has 104 valence electrons. The number of carbonyl (C=O) groups excluding carboxylic acids is 2. The van der Waals surface area contributed by atoms with Gasteiger partial charge < -0.3 is 4.90 Å². The zero-order valence-corrected chi connectivity index (χ0v) is 11.4. The molecule has 0 bridgehead atoms. The molecule has 7 nitrogen and oxygen atoms in total. The molecule has 1 atom stereocenters. The molecule has 0 aromatic carbocycles. The first-order valence-corrected chi connectivity index (χ1v) is 6.37. The molecule has 2 rings (SSSR count). The Balaban J connectivity index is 2.06.